The zero-order valence-corrected chi connectivity index (χ0v) is 19.1. The predicted octanol–water partition coefficient (Wildman–Crippen LogP) is 6.85. The molecule has 0 saturated carbocycles. The Morgan fingerprint density at radius 1 is 0.882 bits per heavy atom. The van der Waals surface area contributed by atoms with Crippen LogP contribution in [0, 0.1) is 0 Å². The molecule has 3 aromatic carbocycles. The number of halogens is 1. The third-order valence-corrected chi connectivity index (χ3v) is 5.92. The molecule has 0 saturated heterocycles. The third-order valence-electron chi connectivity index (χ3n) is 5.67. The molecule has 0 bridgehead atoms. The summed E-state index contributed by atoms with van der Waals surface area (Å²) < 4.78 is 0. The molecular formula is C28H23ClN4O. The van der Waals surface area contributed by atoms with Crippen LogP contribution in [0.4, 0.5) is 17.1 Å². The first-order valence-electron chi connectivity index (χ1n) is 11.1. The number of hydrogen-bond acceptors (Lipinski definition) is 4. The number of anilines is 3. The number of aromatic amines is 1. The lowest BCUT2D eigenvalue weighted by molar-refractivity contribution is 0.103. The van der Waals surface area contributed by atoms with E-state index in [2.05, 4.69) is 45.0 Å². The molecule has 0 atom stereocenters. The van der Waals surface area contributed by atoms with Gasteiger partial charge in [0.25, 0.3) is 0 Å². The van der Waals surface area contributed by atoms with Crippen molar-refractivity contribution >= 4 is 45.3 Å². The summed E-state index contributed by atoms with van der Waals surface area (Å²) in [6.07, 6.45) is 4.65. The average Bonchev–Trinajstić information content (AvgIpc) is 3.28. The highest BCUT2D eigenvalue weighted by Crippen LogP contribution is 2.22. The molecular weight excluding hydrogens is 444 g/mol. The highest BCUT2D eigenvalue weighted by Gasteiger charge is 2.11. The van der Waals surface area contributed by atoms with E-state index in [-0.39, 0.29) is 5.78 Å². The zero-order valence-electron chi connectivity index (χ0n) is 18.4. The summed E-state index contributed by atoms with van der Waals surface area (Å²) in [6.45, 7) is 0.842. The van der Waals surface area contributed by atoms with Gasteiger partial charge < -0.3 is 15.6 Å². The Hall–Kier alpha value is -4.09. The minimum absolute atomic E-state index is 0.143. The lowest BCUT2D eigenvalue weighted by atomic mass is 10.1. The van der Waals surface area contributed by atoms with Crippen molar-refractivity contribution < 1.29 is 4.79 Å². The number of rotatable bonds is 8. The number of fused-ring (bicyclic) bond motifs is 1. The van der Waals surface area contributed by atoms with E-state index >= 15 is 0 Å². The van der Waals surface area contributed by atoms with Crippen LogP contribution in [0.1, 0.15) is 21.6 Å². The number of para-hydroxylation sites is 1. The topological polar surface area (TPSA) is 69.8 Å². The SMILES string of the molecule is O=C(c1ccc(Cl)cc1)c1cc(Nc2ccc(NCCc3c[nH]c4ccccc34)cc2)ccn1. The second kappa shape index (κ2) is 9.81. The van der Waals surface area contributed by atoms with Crippen LogP contribution in [0.25, 0.3) is 10.9 Å². The van der Waals surface area contributed by atoms with Crippen LogP contribution in [0.2, 0.25) is 5.02 Å². The maximum absolute atomic E-state index is 12.7. The van der Waals surface area contributed by atoms with Gasteiger partial charge in [-0.15, -0.1) is 0 Å². The Kier molecular flexibility index (Phi) is 6.27. The first kappa shape index (κ1) is 21.7. The van der Waals surface area contributed by atoms with Gasteiger partial charge in [-0.05, 0) is 78.7 Å². The molecule has 0 fully saturated rings. The van der Waals surface area contributed by atoms with Crippen LogP contribution in [-0.2, 0) is 6.42 Å². The molecule has 5 aromatic rings. The smallest absolute Gasteiger partial charge is 0.211 e. The van der Waals surface area contributed by atoms with Gasteiger partial charge in [-0.2, -0.15) is 0 Å². The van der Waals surface area contributed by atoms with E-state index in [4.69, 9.17) is 11.6 Å². The minimum atomic E-state index is -0.143. The predicted molar refractivity (Wildman–Crippen MR) is 139 cm³/mol. The summed E-state index contributed by atoms with van der Waals surface area (Å²) >= 11 is 5.92. The fourth-order valence-corrected chi connectivity index (χ4v) is 4.03. The number of nitrogens with one attached hydrogen (secondary N) is 3. The molecule has 6 heteroatoms. The Balaban J connectivity index is 1.19. The van der Waals surface area contributed by atoms with Crippen molar-refractivity contribution in [1.29, 1.82) is 0 Å². The van der Waals surface area contributed by atoms with E-state index in [1.165, 1.54) is 16.5 Å². The number of hydrogen-bond donors (Lipinski definition) is 3. The molecule has 0 aliphatic carbocycles. The summed E-state index contributed by atoms with van der Waals surface area (Å²) in [7, 11) is 0. The molecule has 2 heterocycles. The number of carbonyl (C=O) groups is 1. The van der Waals surface area contributed by atoms with E-state index in [0.29, 0.717) is 16.3 Å². The van der Waals surface area contributed by atoms with Gasteiger partial charge in [-0.1, -0.05) is 29.8 Å². The van der Waals surface area contributed by atoms with E-state index in [9.17, 15) is 4.79 Å². The number of pyridine rings is 1. The van der Waals surface area contributed by atoms with Crippen LogP contribution in [0.5, 0.6) is 0 Å². The van der Waals surface area contributed by atoms with E-state index in [1.807, 2.05) is 36.4 Å². The summed E-state index contributed by atoms with van der Waals surface area (Å²) in [5, 5.41) is 8.69. The van der Waals surface area contributed by atoms with Crippen molar-refractivity contribution in [2.75, 3.05) is 17.2 Å². The molecule has 0 aliphatic rings. The van der Waals surface area contributed by atoms with Gasteiger partial charge in [0.2, 0.25) is 5.78 Å². The van der Waals surface area contributed by atoms with Crippen LogP contribution >= 0.6 is 11.6 Å². The Bertz CT molecular complexity index is 1430. The molecule has 5 rings (SSSR count). The van der Waals surface area contributed by atoms with Gasteiger partial charge in [-0.25, -0.2) is 0 Å². The second-order valence-electron chi connectivity index (χ2n) is 8.00. The van der Waals surface area contributed by atoms with Gasteiger partial charge in [0.05, 0.1) is 0 Å². The quantitative estimate of drug-likeness (QED) is 0.219. The Morgan fingerprint density at radius 2 is 1.65 bits per heavy atom. The van der Waals surface area contributed by atoms with Crippen molar-refractivity contribution in [2.45, 2.75) is 6.42 Å². The number of benzene rings is 3. The van der Waals surface area contributed by atoms with Crippen molar-refractivity contribution in [3.05, 3.63) is 119 Å². The van der Waals surface area contributed by atoms with Crippen molar-refractivity contribution in [3.8, 4) is 0 Å². The maximum Gasteiger partial charge on any atom is 0.211 e. The molecule has 3 N–H and O–H groups in total. The first-order valence-corrected chi connectivity index (χ1v) is 11.5. The van der Waals surface area contributed by atoms with Crippen LogP contribution in [0.15, 0.2) is 97.3 Å². The lowest BCUT2D eigenvalue weighted by Gasteiger charge is -2.10. The van der Waals surface area contributed by atoms with Crippen molar-refractivity contribution in [2.24, 2.45) is 0 Å². The fourth-order valence-electron chi connectivity index (χ4n) is 3.90. The largest absolute Gasteiger partial charge is 0.385 e. The van der Waals surface area contributed by atoms with E-state index in [1.54, 1.807) is 36.5 Å². The van der Waals surface area contributed by atoms with E-state index < -0.39 is 0 Å². The van der Waals surface area contributed by atoms with Gasteiger partial charge in [0, 0.05) is 57.5 Å². The number of ketones is 1. The van der Waals surface area contributed by atoms with Gasteiger partial charge in [0.15, 0.2) is 0 Å². The third kappa shape index (κ3) is 4.95. The lowest BCUT2D eigenvalue weighted by Crippen LogP contribution is -2.05. The molecule has 0 aliphatic heterocycles. The van der Waals surface area contributed by atoms with Gasteiger partial charge in [0.1, 0.15) is 5.69 Å². The monoisotopic (exact) mass is 466 g/mol. The molecule has 2 aromatic heterocycles. The van der Waals surface area contributed by atoms with E-state index in [0.717, 1.165) is 30.0 Å². The summed E-state index contributed by atoms with van der Waals surface area (Å²) in [5.41, 5.74) is 6.19. The van der Waals surface area contributed by atoms with Crippen molar-refractivity contribution in [1.82, 2.24) is 9.97 Å². The highest BCUT2D eigenvalue weighted by atomic mass is 35.5. The first-order chi connectivity index (χ1) is 16.7. The standard InChI is InChI=1S/C28H23ClN4O/c29-21-7-5-19(6-8-21)28(34)27-17-24(14-16-31-27)33-23-11-9-22(10-12-23)30-15-13-20-18-32-26-4-2-1-3-25(20)26/h1-12,14,16-18,30,32H,13,15H2,(H,31,33). The van der Waals surface area contributed by atoms with Crippen LogP contribution < -0.4 is 10.6 Å². The molecule has 34 heavy (non-hydrogen) atoms. The van der Waals surface area contributed by atoms with Gasteiger partial charge in [-0.3, -0.25) is 9.78 Å². The Morgan fingerprint density at radius 3 is 2.47 bits per heavy atom. The van der Waals surface area contributed by atoms with Crippen LogP contribution in [0.3, 0.4) is 0 Å². The molecule has 0 amide bonds. The summed E-state index contributed by atoms with van der Waals surface area (Å²) in [5.74, 6) is -0.143. The Labute approximate surface area is 202 Å². The maximum atomic E-state index is 12.7. The van der Waals surface area contributed by atoms with Crippen molar-refractivity contribution in [3.63, 3.8) is 0 Å². The number of H-pyrrole nitrogens is 1. The molecule has 0 unspecified atom stereocenters. The number of aromatic nitrogens is 2. The number of carbonyl (C=O) groups excluding carboxylic acids is 1. The molecule has 0 radical (unpaired) electrons. The normalized spacial score (nSPS) is 10.9. The van der Waals surface area contributed by atoms with Gasteiger partial charge >= 0.3 is 0 Å². The molecule has 168 valence electrons. The summed E-state index contributed by atoms with van der Waals surface area (Å²) in [4.78, 5) is 20.3. The molecule has 5 nitrogen and oxygen atoms in total. The highest BCUT2D eigenvalue weighted by molar-refractivity contribution is 6.30. The molecule has 0 spiro atoms. The summed E-state index contributed by atoms with van der Waals surface area (Å²) in [6, 6.07) is 26.9. The zero-order chi connectivity index (χ0) is 23.3. The minimum Gasteiger partial charge on any atom is -0.385 e. The average molecular weight is 467 g/mol. The second-order valence-corrected chi connectivity index (χ2v) is 8.44. The van der Waals surface area contributed by atoms with Crippen LogP contribution in [-0.4, -0.2) is 22.3 Å². The number of nitrogens with zero attached hydrogens (tertiary/aromatic N) is 1. The fraction of sp³-hybridized carbons (Fsp3) is 0.0714.